The van der Waals surface area contributed by atoms with Crippen molar-refractivity contribution >= 4 is 11.9 Å². The molecule has 13 heavy (non-hydrogen) atoms. The molecule has 0 aliphatic rings. The topological polar surface area (TPSA) is 93.1 Å². The van der Waals surface area contributed by atoms with Gasteiger partial charge in [0.2, 0.25) is 0 Å². The number of carboxylic acid groups (broad SMARTS) is 2. The number of hydrogen-bond acceptors (Lipinski definition) is 4. The molecule has 0 fully saturated rings. The third-order valence-corrected chi connectivity index (χ3v) is 1.32. The summed E-state index contributed by atoms with van der Waals surface area (Å²) in [6.07, 6.45) is -2.68. The van der Waals surface area contributed by atoms with Crippen LogP contribution in [0.3, 0.4) is 0 Å². The maximum Gasteiger partial charge on any atom is 0.333 e. The lowest BCUT2D eigenvalue weighted by Gasteiger charge is -2.16. The summed E-state index contributed by atoms with van der Waals surface area (Å²) in [6, 6.07) is 0. The molecule has 2 unspecified atom stereocenters. The smallest absolute Gasteiger partial charge is 0.333 e. The van der Waals surface area contributed by atoms with E-state index < -0.39 is 30.8 Å². The molecular weight excluding hydrogens is 180 g/mol. The molecule has 0 amide bonds. The van der Waals surface area contributed by atoms with Gasteiger partial charge >= 0.3 is 11.9 Å². The van der Waals surface area contributed by atoms with Crippen LogP contribution in [0.2, 0.25) is 0 Å². The van der Waals surface area contributed by atoms with Crippen LogP contribution in [0.15, 0.2) is 0 Å². The van der Waals surface area contributed by atoms with Gasteiger partial charge in [-0.2, -0.15) is 0 Å². The molecule has 0 saturated carbocycles. The minimum absolute atomic E-state index is 0.580. The standard InChI is InChI=1S/C7H12O6/c1-4(12-2)13-5(7(10)11)3-6(8)9/h4-5H,3H2,1-2H3,(H,8,9)(H,10,11). The van der Waals surface area contributed by atoms with Crippen LogP contribution in [0, 0.1) is 0 Å². The highest BCUT2D eigenvalue weighted by Gasteiger charge is 2.23. The van der Waals surface area contributed by atoms with E-state index in [9.17, 15) is 9.59 Å². The molecule has 0 aromatic carbocycles. The van der Waals surface area contributed by atoms with Gasteiger partial charge < -0.3 is 19.7 Å². The first kappa shape index (κ1) is 11.9. The molecule has 2 atom stereocenters. The van der Waals surface area contributed by atoms with Gasteiger partial charge in [0.1, 0.15) is 0 Å². The summed E-state index contributed by atoms with van der Waals surface area (Å²) in [7, 11) is 1.34. The van der Waals surface area contributed by atoms with Crippen LogP contribution >= 0.6 is 0 Å². The minimum Gasteiger partial charge on any atom is -0.481 e. The Bertz CT molecular complexity index is 189. The van der Waals surface area contributed by atoms with Crippen LogP contribution < -0.4 is 0 Å². The molecule has 0 aromatic heterocycles. The number of carbonyl (C=O) groups is 2. The van der Waals surface area contributed by atoms with Gasteiger partial charge in [-0.15, -0.1) is 0 Å². The Kier molecular flexibility index (Phi) is 5.01. The van der Waals surface area contributed by atoms with E-state index in [1.807, 2.05) is 0 Å². The SMILES string of the molecule is COC(C)OC(CC(=O)O)C(=O)O. The summed E-state index contributed by atoms with van der Waals surface area (Å²) < 4.78 is 9.40. The number of rotatable bonds is 6. The van der Waals surface area contributed by atoms with Crippen LogP contribution in [-0.4, -0.2) is 41.7 Å². The molecule has 0 aliphatic heterocycles. The van der Waals surface area contributed by atoms with Gasteiger partial charge in [-0.3, -0.25) is 4.79 Å². The van der Waals surface area contributed by atoms with Gasteiger partial charge in [-0.1, -0.05) is 0 Å². The van der Waals surface area contributed by atoms with Gasteiger partial charge in [0.05, 0.1) is 6.42 Å². The molecule has 0 spiro atoms. The van der Waals surface area contributed by atoms with Crippen molar-refractivity contribution in [3.8, 4) is 0 Å². The number of hydrogen-bond donors (Lipinski definition) is 2. The second kappa shape index (κ2) is 5.50. The molecule has 0 radical (unpaired) electrons. The maximum atomic E-state index is 10.4. The zero-order chi connectivity index (χ0) is 10.4. The molecule has 2 N–H and O–H groups in total. The van der Waals surface area contributed by atoms with Gasteiger partial charge in [0, 0.05) is 7.11 Å². The Labute approximate surface area is 75.1 Å². The van der Waals surface area contributed by atoms with Crippen LogP contribution in [0.1, 0.15) is 13.3 Å². The zero-order valence-corrected chi connectivity index (χ0v) is 7.39. The van der Waals surface area contributed by atoms with E-state index in [2.05, 4.69) is 4.74 Å². The molecule has 0 bridgehead atoms. The Morgan fingerprint density at radius 3 is 2.23 bits per heavy atom. The first-order chi connectivity index (χ1) is 5.97. The Morgan fingerprint density at radius 1 is 1.38 bits per heavy atom. The predicted molar refractivity (Wildman–Crippen MR) is 41.2 cm³/mol. The van der Waals surface area contributed by atoms with E-state index in [1.165, 1.54) is 14.0 Å². The lowest BCUT2D eigenvalue weighted by Crippen LogP contribution is -2.31. The molecule has 0 rings (SSSR count). The predicted octanol–water partition coefficient (Wildman–Crippen LogP) is -0.0767. The van der Waals surface area contributed by atoms with E-state index in [0.717, 1.165) is 0 Å². The summed E-state index contributed by atoms with van der Waals surface area (Å²) in [6.45, 7) is 1.48. The lowest BCUT2D eigenvalue weighted by atomic mass is 10.2. The normalized spacial score (nSPS) is 14.9. The van der Waals surface area contributed by atoms with Crippen molar-refractivity contribution in [1.82, 2.24) is 0 Å². The van der Waals surface area contributed by atoms with E-state index in [-0.39, 0.29) is 0 Å². The highest BCUT2D eigenvalue weighted by molar-refractivity contribution is 5.79. The van der Waals surface area contributed by atoms with Gasteiger partial charge in [-0.05, 0) is 6.92 Å². The molecule has 6 heteroatoms. The largest absolute Gasteiger partial charge is 0.481 e. The van der Waals surface area contributed by atoms with Crippen LogP contribution in [0.25, 0.3) is 0 Å². The Balaban J connectivity index is 4.10. The Morgan fingerprint density at radius 2 is 1.92 bits per heavy atom. The van der Waals surface area contributed by atoms with Gasteiger partial charge in [0.15, 0.2) is 12.4 Å². The van der Waals surface area contributed by atoms with Crippen LogP contribution in [0.4, 0.5) is 0 Å². The van der Waals surface area contributed by atoms with Crippen LogP contribution in [0.5, 0.6) is 0 Å². The summed E-state index contributed by atoms with van der Waals surface area (Å²) in [5.74, 6) is -2.54. The fourth-order valence-corrected chi connectivity index (χ4v) is 0.639. The average molecular weight is 192 g/mol. The van der Waals surface area contributed by atoms with Crippen molar-refractivity contribution in [1.29, 1.82) is 0 Å². The molecule has 76 valence electrons. The fourth-order valence-electron chi connectivity index (χ4n) is 0.639. The number of carboxylic acids is 2. The van der Waals surface area contributed by atoms with Crippen molar-refractivity contribution < 1.29 is 29.3 Å². The molecule has 6 nitrogen and oxygen atoms in total. The van der Waals surface area contributed by atoms with E-state index >= 15 is 0 Å². The van der Waals surface area contributed by atoms with Crippen molar-refractivity contribution in [2.45, 2.75) is 25.7 Å². The Hall–Kier alpha value is -1.14. The number of aliphatic carboxylic acids is 2. The van der Waals surface area contributed by atoms with E-state index in [0.29, 0.717) is 0 Å². The lowest BCUT2D eigenvalue weighted by molar-refractivity contribution is -0.182. The quantitative estimate of drug-likeness (QED) is 0.572. The maximum absolute atomic E-state index is 10.4. The highest BCUT2D eigenvalue weighted by Crippen LogP contribution is 2.04. The number of methoxy groups -OCH3 is 1. The van der Waals surface area contributed by atoms with E-state index in [4.69, 9.17) is 14.9 Å². The monoisotopic (exact) mass is 192 g/mol. The average Bonchev–Trinajstić information content (AvgIpc) is 2.02. The van der Waals surface area contributed by atoms with Crippen molar-refractivity contribution in [2.75, 3.05) is 7.11 Å². The highest BCUT2D eigenvalue weighted by atomic mass is 16.7. The summed E-state index contributed by atoms with van der Waals surface area (Å²) in [4.78, 5) is 20.6. The third kappa shape index (κ3) is 5.15. The summed E-state index contributed by atoms with van der Waals surface area (Å²) in [5, 5.41) is 16.9. The van der Waals surface area contributed by atoms with Gasteiger partial charge in [-0.25, -0.2) is 4.79 Å². The fraction of sp³-hybridized carbons (Fsp3) is 0.714. The summed E-state index contributed by atoms with van der Waals surface area (Å²) >= 11 is 0. The molecule has 0 heterocycles. The zero-order valence-electron chi connectivity index (χ0n) is 7.39. The van der Waals surface area contributed by atoms with Crippen molar-refractivity contribution in [3.05, 3.63) is 0 Å². The van der Waals surface area contributed by atoms with Crippen molar-refractivity contribution in [3.63, 3.8) is 0 Å². The van der Waals surface area contributed by atoms with Crippen molar-refractivity contribution in [2.24, 2.45) is 0 Å². The van der Waals surface area contributed by atoms with E-state index in [1.54, 1.807) is 0 Å². The molecule has 0 aromatic rings. The summed E-state index contributed by atoms with van der Waals surface area (Å²) in [5.41, 5.74) is 0. The molecular formula is C7H12O6. The molecule has 0 saturated heterocycles. The van der Waals surface area contributed by atoms with Gasteiger partial charge in [0.25, 0.3) is 0 Å². The minimum atomic E-state index is -1.37. The second-order valence-electron chi connectivity index (χ2n) is 2.36. The third-order valence-electron chi connectivity index (χ3n) is 1.32. The first-order valence-electron chi connectivity index (χ1n) is 3.60. The van der Waals surface area contributed by atoms with Crippen LogP contribution in [-0.2, 0) is 19.1 Å². The first-order valence-corrected chi connectivity index (χ1v) is 3.60. The molecule has 0 aliphatic carbocycles. The number of ether oxygens (including phenoxy) is 2. The second-order valence-corrected chi connectivity index (χ2v) is 2.36.